The van der Waals surface area contributed by atoms with E-state index in [1.54, 1.807) is 6.07 Å². The molecule has 1 aliphatic carbocycles. The Morgan fingerprint density at radius 2 is 2.15 bits per heavy atom. The Hall–Kier alpha value is -1.60. The summed E-state index contributed by atoms with van der Waals surface area (Å²) in [6.07, 6.45) is 6.68. The molecule has 1 heterocycles. The van der Waals surface area contributed by atoms with Gasteiger partial charge in [0.1, 0.15) is 11.9 Å². The van der Waals surface area contributed by atoms with Crippen molar-refractivity contribution in [2.45, 2.75) is 50.2 Å². The first-order valence-corrected chi connectivity index (χ1v) is 7.31. The van der Waals surface area contributed by atoms with E-state index in [1.165, 1.54) is 25.0 Å². The predicted molar refractivity (Wildman–Crippen MR) is 74.9 cm³/mol. The second-order valence-electron chi connectivity index (χ2n) is 5.87. The summed E-state index contributed by atoms with van der Waals surface area (Å²) in [7, 11) is 0. The summed E-state index contributed by atoms with van der Waals surface area (Å²) in [5.74, 6) is -0.369. The SMILES string of the molecule is N#Cc1cc(F)ccc1NC1CCOC2(CCCC2)C1. The molecule has 2 fully saturated rings. The molecule has 1 atom stereocenters. The third-order valence-corrected chi connectivity index (χ3v) is 4.47. The number of hydrogen-bond acceptors (Lipinski definition) is 3. The van der Waals surface area contributed by atoms with E-state index in [1.807, 2.05) is 0 Å². The molecular weight excluding hydrogens is 255 g/mol. The largest absolute Gasteiger partial charge is 0.381 e. The molecule has 20 heavy (non-hydrogen) atoms. The van der Waals surface area contributed by atoms with Crippen LogP contribution in [0.3, 0.4) is 0 Å². The van der Waals surface area contributed by atoms with Crippen LogP contribution in [0.25, 0.3) is 0 Å². The van der Waals surface area contributed by atoms with E-state index < -0.39 is 0 Å². The van der Waals surface area contributed by atoms with Crippen molar-refractivity contribution in [3.05, 3.63) is 29.6 Å². The molecule has 1 aliphatic heterocycles. The lowest BCUT2D eigenvalue weighted by molar-refractivity contribution is -0.0767. The Bertz CT molecular complexity index is 532. The van der Waals surface area contributed by atoms with E-state index >= 15 is 0 Å². The molecule has 0 amide bonds. The summed E-state index contributed by atoms with van der Waals surface area (Å²) in [5, 5.41) is 12.5. The highest BCUT2D eigenvalue weighted by Gasteiger charge is 2.39. The number of halogens is 1. The van der Waals surface area contributed by atoms with Crippen LogP contribution in [0.15, 0.2) is 18.2 Å². The molecule has 4 heteroatoms. The van der Waals surface area contributed by atoms with Gasteiger partial charge in [-0.2, -0.15) is 5.26 Å². The number of nitrogens with zero attached hydrogens (tertiary/aromatic N) is 1. The van der Waals surface area contributed by atoms with Crippen LogP contribution in [0.5, 0.6) is 0 Å². The van der Waals surface area contributed by atoms with Crippen molar-refractivity contribution < 1.29 is 9.13 Å². The van der Waals surface area contributed by atoms with E-state index in [9.17, 15) is 4.39 Å². The first-order valence-electron chi connectivity index (χ1n) is 7.31. The average Bonchev–Trinajstić information content (AvgIpc) is 2.89. The molecule has 3 rings (SSSR count). The van der Waals surface area contributed by atoms with Crippen LogP contribution in [-0.2, 0) is 4.74 Å². The van der Waals surface area contributed by atoms with Gasteiger partial charge in [-0.3, -0.25) is 0 Å². The first-order chi connectivity index (χ1) is 9.71. The van der Waals surface area contributed by atoms with Gasteiger partial charge in [0.2, 0.25) is 0 Å². The van der Waals surface area contributed by atoms with Gasteiger partial charge in [0, 0.05) is 12.6 Å². The van der Waals surface area contributed by atoms with E-state index in [4.69, 9.17) is 10.00 Å². The topological polar surface area (TPSA) is 45.0 Å². The van der Waals surface area contributed by atoms with E-state index in [-0.39, 0.29) is 11.4 Å². The Labute approximate surface area is 118 Å². The third kappa shape index (κ3) is 2.64. The molecule has 2 aliphatic rings. The fraction of sp³-hybridized carbons (Fsp3) is 0.562. The van der Waals surface area contributed by atoms with Crippen LogP contribution in [-0.4, -0.2) is 18.2 Å². The van der Waals surface area contributed by atoms with Crippen molar-refractivity contribution in [3.8, 4) is 6.07 Å². The van der Waals surface area contributed by atoms with Crippen LogP contribution in [0.2, 0.25) is 0 Å². The molecule has 1 saturated heterocycles. The van der Waals surface area contributed by atoms with Gasteiger partial charge < -0.3 is 10.1 Å². The fourth-order valence-electron chi connectivity index (χ4n) is 3.47. The highest BCUT2D eigenvalue weighted by atomic mass is 19.1. The lowest BCUT2D eigenvalue weighted by Crippen LogP contribution is -2.42. The van der Waals surface area contributed by atoms with Crippen LogP contribution in [0.1, 0.15) is 44.1 Å². The zero-order valence-corrected chi connectivity index (χ0v) is 11.5. The van der Waals surface area contributed by atoms with Crippen LogP contribution < -0.4 is 5.32 Å². The maximum atomic E-state index is 13.2. The minimum absolute atomic E-state index is 0.0444. The quantitative estimate of drug-likeness (QED) is 0.896. The van der Waals surface area contributed by atoms with E-state index in [0.29, 0.717) is 11.6 Å². The molecule has 1 unspecified atom stereocenters. The summed E-state index contributed by atoms with van der Waals surface area (Å²) < 4.78 is 19.2. The van der Waals surface area contributed by atoms with Gasteiger partial charge in [-0.05, 0) is 43.9 Å². The summed E-state index contributed by atoms with van der Waals surface area (Å²) >= 11 is 0. The number of hydrogen-bond donors (Lipinski definition) is 1. The Kier molecular flexibility index (Phi) is 3.62. The van der Waals surface area contributed by atoms with Gasteiger partial charge >= 0.3 is 0 Å². The zero-order chi connectivity index (χ0) is 14.0. The highest BCUT2D eigenvalue weighted by molar-refractivity contribution is 5.58. The molecule has 3 nitrogen and oxygen atoms in total. The van der Waals surface area contributed by atoms with Gasteiger partial charge in [0.05, 0.1) is 16.9 Å². The Morgan fingerprint density at radius 3 is 2.90 bits per heavy atom. The van der Waals surface area contributed by atoms with Crippen molar-refractivity contribution in [1.82, 2.24) is 0 Å². The molecule has 1 aromatic carbocycles. The second-order valence-corrected chi connectivity index (χ2v) is 5.87. The lowest BCUT2D eigenvalue weighted by Gasteiger charge is -2.39. The molecule has 106 valence electrons. The molecule has 1 aromatic rings. The predicted octanol–water partition coefficient (Wildman–Crippen LogP) is 3.60. The molecule has 1 saturated carbocycles. The van der Waals surface area contributed by atoms with Crippen molar-refractivity contribution in [2.75, 3.05) is 11.9 Å². The van der Waals surface area contributed by atoms with Crippen LogP contribution >= 0.6 is 0 Å². The molecule has 0 radical (unpaired) electrons. The normalized spacial score (nSPS) is 24.5. The number of anilines is 1. The van der Waals surface area contributed by atoms with Crippen molar-refractivity contribution >= 4 is 5.69 Å². The number of ether oxygens (including phenoxy) is 1. The number of benzene rings is 1. The minimum atomic E-state index is -0.369. The lowest BCUT2D eigenvalue weighted by atomic mass is 9.88. The van der Waals surface area contributed by atoms with Crippen LogP contribution in [0.4, 0.5) is 10.1 Å². The third-order valence-electron chi connectivity index (χ3n) is 4.47. The van der Waals surface area contributed by atoms with Gasteiger partial charge in [-0.15, -0.1) is 0 Å². The zero-order valence-electron chi connectivity index (χ0n) is 11.5. The second kappa shape index (κ2) is 5.41. The van der Waals surface area contributed by atoms with E-state index in [0.717, 1.165) is 38.0 Å². The monoisotopic (exact) mass is 274 g/mol. The minimum Gasteiger partial charge on any atom is -0.381 e. The van der Waals surface area contributed by atoms with Gasteiger partial charge in [-0.1, -0.05) is 12.8 Å². The average molecular weight is 274 g/mol. The molecule has 0 aromatic heterocycles. The first kappa shape index (κ1) is 13.4. The number of rotatable bonds is 2. The molecule has 1 N–H and O–H groups in total. The summed E-state index contributed by atoms with van der Waals surface area (Å²) in [6.45, 7) is 0.765. The van der Waals surface area contributed by atoms with Crippen molar-refractivity contribution in [3.63, 3.8) is 0 Å². The maximum Gasteiger partial charge on any atom is 0.124 e. The van der Waals surface area contributed by atoms with Gasteiger partial charge in [-0.25, -0.2) is 4.39 Å². The number of nitriles is 1. The summed E-state index contributed by atoms with van der Waals surface area (Å²) in [4.78, 5) is 0. The van der Waals surface area contributed by atoms with Gasteiger partial charge in [0.25, 0.3) is 0 Å². The van der Waals surface area contributed by atoms with E-state index in [2.05, 4.69) is 11.4 Å². The fourth-order valence-corrected chi connectivity index (χ4v) is 3.47. The Morgan fingerprint density at radius 1 is 1.35 bits per heavy atom. The van der Waals surface area contributed by atoms with Crippen molar-refractivity contribution in [2.24, 2.45) is 0 Å². The number of nitrogens with one attached hydrogen (secondary N) is 1. The highest BCUT2D eigenvalue weighted by Crippen LogP contribution is 2.40. The molecular formula is C16H19FN2O. The van der Waals surface area contributed by atoms with Crippen LogP contribution in [0, 0.1) is 17.1 Å². The van der Waals surface area contributed by atoms with Gasteiger partial charge in [0.15, 0.2) is 0 Å². The molecule has 0 bridgehead atoms. The standard InChI is InChI=1S/C16H19FN2O/c17-13-3-4-15(12(9-13)11-18)19-14-5-8-20-16(10-14)6-1-2-7-16/h3-4,9,14,19H,1-2,5-8,10H2. The summed E-state index contributed by atoms with van der Waals surface area (Å²) in [6, 6.07) is 6.70. The summed E-state index contributed by atoms with van der Waals surface area (Å²) in [5.41, 5.74) is 1.15. The smallest absolute Gasteiger partial charge is 0.124 e. The Balaban J connectivity index is 1.73. The van der Waals surface area contributed by atoms with Crippen molar-refractivity contribution in [1.29, 1.82) is 5.26 Å². The maximum absolute atomic E-state index is 13.2. The molecule has 1 spiro atoms.